The highest BCUT2D eigenvalue weighted by Gasteiger charge is 2.39. The lowest BCUT2D eigenvalue weighted by molar-refractivity contribution is 0.735. The molecule has 6 nitrogen and oxygen atoms in total. The molecule has 3 aromatic heterocycles. The van der Waals surface area contributed by atoms with Gasteiger partial charge in [-0.15, -0.1) is 0 Å². The maximum atomic E-state index is 9.53. The number of para-hydroxylation sites is 4. The van der Waals surface area contributed by atoms with Gasteiger partial charge in [0.05, 0.1) is 34.2 Å². The first-order valence-corrected chi connectivity index (χ1v) is 18.0. The van der Waals surface area contributed by atoms with Crippen LogP contribution in [0.15, 0.2) is 152 Å². The van der Waals surface area contributed by atoms with Crippen LogP contribution in [-0.4, -0.2) is 25.1 Å². The Kier molecular flexibility index (Phi) is 7.02. The summed E-state index contributed by atoms with van der Waals surface area (Å²) in [6, 6.07) is 46.5. The quantitative estimate of drug-likeness (QED) is 0.181. The van der Waals surface area contributed by atoms with E-state index >= 15 is 0 Å². The number of hydrogen-bond donors (Lipinski definition) is 0. The predicted molar refractivity (Wildman–Crippen MR) is 216 cm³/mol. The van der Waals surface area contributed by atoms with Crippen LogP contribution in [-0.2, 0) is 0 Å². The number of nitriles is 1. The van der Waals surface area contributed by atoms with Crippen LogP contribution < -0.4 is 4.90 Å². The van der Waals surface area contributed by atoms with Crippen LogP contribution in [0.5, 0.6) is 0 Å². The molecule has 252 valence electrons. The minimum atomic E-state index is 0.00175. The molecule has 0 fully saturated rings. The second-order valence-electron chi connectivity index (χ2n) is 13.7. The molecular formula is C47H34N6. The van der Waals surface area contributed by atoms with Gasteiger partial charge in [0.15, 0.2) is 5.82 Å². The maximum Gasteiger partial charge on any atom is 0.163 e. The molecule has 0 N–H and O–H groups in total. The predicted octanol–water partition coefficient (Wildman–Crippen LogP) is 11.1. The summed E-state index contributed by atoms with van der Waals surface area (Å²) in [6.07, 6.45) is 11.3. The Morgan fingerprint density at radius 2 is 1.32 bits per heavy atom. The van der Waals surface area contributed by atoms with Gasteiger partial charge < -0.3 is 9.47 Å². The third-order valence-electron chi connectivity index (χ3n) is 10.8. The van der Waals surface area contributed by atoms with Crippen LogP contribution in [0.3, 0.4) is 0 Å². The van der Waals surface area contributed by atoms with Crippen molar-refractivity contribution in [2.45, 2.75) is 25.8 Å². The van der Waals surface area contributed by atoms with Gasteiger partial charge in [-0.25, -0.2) is 9.97 Å². The Balaban J connectivity index is 1.17. The standard InChI is InChI=1S/C47H34N6/c1-3-12-34-30(2)51(40-17-8-4-13-35(34)40)45-28-46(50-47(49-45)32-23-21-31(29-48)22-24-32)53-43-20-11-7-16-38(43)39-27-33(25-26-44(39)53)52-41-18-9-5-14-36(41)37-15-6-10-19-42(37)52/h3-28,39,44H,1-2H3/b12-3-. The molecule has 0 bridgehead atoms. The Hall–Kier alpha value is -6.97. The van der Waals surface area contributed by atoms with Gasteiger partial charge >= 0.3 is 0 Å². The third kappa shape index (κ3) is 4.71. The van der Waals surface area contributed by atoms with E-state index in [1.807, 2.05) is 24.3 Å². The number of rotatable bonds is 5. The van der Waals surface area contributed by atoms with Crippen molar-refractivity contribution in [1.29, 1.82) is 5.26 Å². The second-order valence-corrected chi connectivity index (χ2v) is 13.7. The van der Waals surface area contributed by atoms with E-state index < -0.39 is 0 Å². The fraction of sp³-hybridized carbons (Fsp3) is 0.0851. The molecule has 8 aromatic rings. The fourth-order valence-corrected chi connectivity index (χ4v) is 8.50. The zero-order valence-corrected chi connectivity index (χ0v) is 29.3. The maximum absolute atomic E-state index is 9.53. The molecule has 10 rings (SSSR count). The van der Waals surface area contributed by atoms with Crippen molar-refractivity contribution in [3.63, 3.8) is 0 Å². The number of benzene rings is 5. The van der Waals surface area contributed by atoms with Gasteiger partial charge in [0, 0.05) is 56.3 Å². The van der Waals surface area contributed by atoms with Crippen molar-refractivity contribution in [3.05, 3.63) is 174 Å². The van der Waals surface area contributed by atoms with Crippen molar-refractivity contribution in [2.24, 2.45) is 0 Å². The number of anilines is 2. The van der Waals surface area contributed by atoms with Gasteiger partial charge in [0.2, 0.25) is 0 Å². The van der Waals surface area contributed by atoms with Crippen LogP contribution >= 0.6 is 0 Å². The molecular weight excluding hydrogens is 649 g/mol. The van der Waals surface area contributed by atoms with Gasteiger partial charge in [-0.3, -0.25) is 4.57 Å². The van der Waals surface area contributed by atoms with Crippen molar-refractivity contribution < 1.29 is 0 Å². The molecule has 1 aliphatic carbocycles. The Morgan fingerprint density at radius 3 is 2.02 bits per heavy atom. The molecule has 1 aliphatic heterocycles. The van der Waals surface area contributed by atoms with Crippen molar-refractivity contribution in [2.75, 3.05) is 4.90 Å². The summed E-state index contributed by atoms with van der Waals surface area (Å²) < 4.78 is 4.65. The van der Waals surface area contributed by atoms with Crippen LogP contribution in [0, 0.1) is 18.3 Å². The first-order chi connectivity index (χ1) is 26.1. The van der Waals surface area contributed by atoms with Crippen molar-refractivity contribution in [3.8, 4) is 23.3 Å². The zero-order chi connectivity index (χ0) is 35.6. The highest BCUT2D eigenvalue weighted by atomic mass is 15.3. The summed E-state index contributed by atoms with van der Waals surface area (Å²) in [6.45, 7) is 4.21. The van der Waals surface area contributed by atoms with E-state index in [2.05, 4.69) is 167 Å². The molecule has 0 amide bonds. The summed E-state index contributed by atoms with van der Waals surface area (Å²) in [5.74, 6) is 2.31. The SMILES string of the molecule is C/C=C\c1c(C)n(-c2cc(N3c4ccccc4C4C=C(n5c6ccccc6c6ccccc65)C=CC43)nc(-c3ccc(C#N)cc3)n2)c2ccccc12. The summed E-state index contributed by atoms with van der Waals surface area (Å²) in [4.78, 5) is 12.9. The molecule has 2 unspecified atom stereocenters. The van der Waals surface area contributed by atoms with E-state index in [1.54, 1.807) is 0 Å². The molecule has 4 heterocycles. The lowest BCUT2D eigenvalue weighted by Gasteiger charge is -2.29. The second kappa shape index (κ2) is 12.1. The number of fused-ring (bicyclic) bond motifs is 7. The molecule has 0 saturated carbocycles. The van der Waals surface area contributed by atoms with E-state index in [-0.39, 0.29) is 12.0 Å². The Labute approximate surface area is 307 Å². The largest absolute Gasteiger partial charge is 0.318 e. The van der Waals surface area contributed by atoms with Gasteiger partial charge in [-0.1, -0.05) is 97.1 Å². The smallest absolute Gasteiger partial charge is 0.163 e. The van der Waals surface area contributed by atoms with Crippen molar-refractivity contribution >= 4 is 56.0 Å². The Bertz CT molecular complexity index is 2840. The molecule has 2 atom stereocenters. The van der Waals surface area contributed by atoms with Crippen LogP contribution in [0.1, 0.15) is 35.2 Å². The first kappa shape index (κ1) is 30.8. The minimum Gasteiger partial charge on any atom is -0.318 e. The third-order valence-corrected chi connectivity index (χ3v) is 10.8. The number of hydrogen-bond acceptors (Lipinski definition) is 4. The number of aromatic nitrogens is 4. The molecule has 2 aliphatic rings. The minimum absolute atomic E-state index is 0.00175. The molecule has 0 spiro atoms. The highest BCUT2D eigenvalue weighted by Crippen LogP contribution is 2.49. The normalized spacial score (nSPS) is 16.4. The fourth-order valence-electron chi connectivity index (χ4n) is 8.50. The van der Waals surface area contributed by atoms with Gasteiger partial charge in [0.25, 0.3) is 0 Å². The van der Waals surface area contributed by atoms with Gasteiger partial charge in [-0.2, -0.15) is 5.26 Å². The van der Waals surface area contributed by atoms with E-state index in [4.69, 9.17) is 9.97 Å². The first-order valence-electron chi connectivity index (χ1n) is 18.0. The zero-order valence-electron chi connectivity index (χ0n) is 29.3. The van der Waals surface area contributed by atoms with Crippen LogP contribution in [0.2, 0.25) is 0 Å². The summed E-state index contributed by atoms with van der Waals surface area (Å²) in [7, 11) is 0. The molecule has 0 radical (unpaired) electrons. The van der Waals surface area contributed by atoms with Crippen molar-refractivity contribution in [1.82, 2.24) is 19.1 Å². The molecule has 6 heteroatoms. The van der Waals surface area contributed by atoms with E-state index in [9.17, 15) is 5.26 Å². The highest BCUT2D eigenvalue weighted by molar-refractivity contribution is 6.10. The lowest BCUT2D eigenvalue weighted by atomic mass is 9.90. The monoisotopic (exact) mass is 682 g/mol. The van der Waals surface area contributed by atoms with Gasteiger partial charge in [0.1, 0.15) is 11.6 Å². The average Bonchev–Trinajstić information content (AvgIpc) is 3.82. The summed E-state index contributed by atoms with van der Waals surface area (Å²) in [5.41, 5.74) is 10.8. The topological polar surface area (TPSA) is 62.7 Å². The van der Waals surface area contributed by atoms with E-state index in [0.717, 1.165) is 39.8 Å². The van der Waals surface area contributed by atoms with Crippen LogP contribution in [0.25, 0.3) is 61.7 Å². The number of nitrogens with zero attached hydrogens (tertiary/aromatic N) is 6. The Morgan fingerprint density at radius 1 is 0.698 bits per heavy atom. The summed E-state index contributed by atoms with van der Waals surface area (Å²) >= 11 is 0. The molecule has 5 aromatic carbocycles. The van der Waals surface area contributed by atoms with Crippen LogP contribution in [0.4, 0.5) is 11.5 Å². The number of allylic oxidation sites excluding steroid dienone is 3. The van der Waals surface area contributed by atoms with E-state index in [1.165, 1.54) is 38.3 Å². The molecule has 0 saturated heterocycles. The van der Waals surface area contributed by atoms with Gasteiger partial charge in [-0.05, 0) is 74.0 Å². The average molecular weight is 683 g/mol. The lowest BCUT2D eigenvalue weighted by Crippen LogP contribution is -2.30. The molecule has 53 heavy (non-hydrogen) atoms. The summed E-state index contributed by atoms with van der Waals surface area (Å²) in [5, 5.41) is 13.2. The van der Waals surface area contributed by atoms with E-state index in [0.29, 0.717) is 11.4 Å².